The summed E-state index contributed by atoms with van der Waals surface area (Å²) in [6.07, 6.45) is 3.75. The molecule has 3 aromatic rings. The Morgan fingerprint density at radius 2 is 1.83 bits per heavy atom. The van der Waals surface area contributed by atoms with Crippen molar-refractivity contribution in [1.82, 2.24) is 14.5 Å². The van der Waals surface area contributed by atoms with Gasteiger partial charge in [-0.25, -0.2) is 4.98 Å². The SMILES string of the molecule is Cc1cccc(N2CCN(C(=O)c3cccc(CSc4nccn4C)c3)CC2)c1C. The lowest BCUT2D eigenvalue weighted by atomic mass is 10.1. The summed E-state index contributed by atoms with van der Waals surface area (Å²) in [5, 5.41) is 0.981. The van der Waals surface area contributed by atoms with Gasteiger partial charge >= 0.3 is 0 Å². The number of thioether (sulfide) groups is 1. The van der Waals surface area contributed by atoms with Crippen LogP contribution in [0.25, 0.3) is 0 Å². The highest BCUT2D eigenvalue weighted by Gasteiger charge is 2.23. The molecule has 4 rings (SSSR count). The van der Waals surface area contributed by atoms with Crippen LogP contribution in [0.1, 0.15) is 27.0 Å². The first-order valence-electron chi connectivity index (χ1n) is 10.3. The smallest absolute Gasteiger partial charge is 0.253 e. The minimum Gasteiger partial charge on any atom is -0.368 e. The van der Waals surface area contributed by atoms with Crippen LogP contribution >= 0.6 is 11.8 Å². The van der Waals surface area contributed by atoms with Gasteiger partial charge in [0.1, 0.15) is 0 Å². The molecule has 156 valence electrons. The standard InChI is InChI=1S/C24H28N4OS/c1-18-6-4-9-22(19(18)2)27-12-14-28(15-13-27)23(29)21-8-5-7-20(16-21)17-30-24-25-10-11-26(24)3/h4-11,16H,12-15,17H2,1-3H3. The number of benzene rings is 2. The van der Waals surface area contributed by atoms with Crippen LogP contribution in [0.15, 0.2) is 60.0 Å². The number of nitrogens with zero attached hydrogens (tertiary/aromatic N) is 4. The molecule has 0 spiro atoms. The van der Waals surface area contributed by atoms with Crippen molar-refractivity contribution in [2.24, 2.45) is 7.05 Å². The largest absolute Gasteiger partial charge is 0.368 e. The number of aromatic nitrogens is 2. The zero-order valence-electron chi connectivity index (χ0n) is 17.8. The number of anilines is 1. The van der Waals surface area contributed by atoms with E-state index in [9.17, 15) is 4.79 Å². The summed E-state index contributed by atoms with van der Waals surface area (Å²) in [5.41, 5.74) is 5.84. The fourth-order valence-electron chi connectivity index (χ4n) is 3.84. The minimum atomic E-state index is 0.124. The first kappa shape index (κ1) is 20.5. The number of imidazole rings is 1. The van der Waals surface area contributed by atoms with E-state index in [1.165, 1.54) is 16.8 Å². The van der Waals surface area contributed by atoms with E-state index in [4.69, 9.17) is 0 Å². The highest BCUT2D eigenvalue weighted by Crippen LogP contribution is 2.25. The summed E-state index contributed by atoms with van der Waals surface area (Å²) >= 11 is 1.68. The molecule has 0 radical (unpaired) electrons. The second kappa shape index (κ2) is 8.96. The summed E-state index contributed by atoms with van der Waals surface area (Å²) in [6.45, 7) is 7.56. The van der Waals surface area contributed by atoms with Crippen LogP contribution in [0.5, 0.6) is 0 Å². The van der Waals surface area contributed by atoms with Crippen molar-refractivity contribution in [3.8, 4) is 0 Å². The van der Waals surface area contributed by atoms with E-state index in [-0.39, 0.29) is 5.91 Å². The van der Waals surface area contributed by atoms with Crippen molar-refractivity contribution in [2.45, 2.75) is 24.8 Å². The van der Waals surface area contributed by atoms with E-state index >= 15 is 0 Å². The monoisotopic (exact) mass is 420 g/mol. The summed E-state index contributed by atoms with van der Waals surface area (Å²) in [4.78, 5) is 21.8. The molecule has 0 bridgehead atoms. The van der Waals surface area contributed by atoms with Crippen LogP contribution in [0, 0.1) is 13.8 Å². The van der Waals surface area contributed by atoms with Gasteiger partial charge in [0.05, 0.1) is 0 Å². The molecule has 30 heavy (non-hydrogen) atoms. The Bertz CT molecular complexity index is 1040. The normalized spacial score (nSPS) is 14.2. The first-order chi connectivity index (χ1) is 14.5. The van der Waals surface area contributed by atoms with E-state index < -0.39 is 0 Å². The Morgan fingerprint density at radius 3 is 2.57 bits per heavy atom. The fourth-order valence-corrected chi connectivity index (χ4v) is 4.72. The third-order valence-electron chi connectivity index (χ3n) is 5.80. The number of carbonyl (C=O) groups is 1. The molecule has 0 N–H and O–H groups in total. The number of amides is 1. The topological polar surface area (TPSA) is 41.4 Å². The van der Waals surface area contributed by atoms with Gasteiger partial charge in [0.15, 0.2) is 5.16 Å². The van der Waals surface area contributed by atoms with Gasteiger partial charge in [0.25, 0.3) is 5.91 Å². The Hall–Kier alpha value is -2.73. The molecular weight excluding hydrogens is 392 g/mol. The van der Waals surface area contributed by atoms with Crippen molar-refractivity contribution >= 4 is 23.4 Å². The molecule has 1 aliphatic rings. The van der Waals surface area contributed by atoms with Crippen LogP contribution in [0.2, 0.25) is 0 Å². The fraction of sp³-hybridized carbons (Fsp3) is 0.333. The summed E-state index contributed by atoms with van der Waals surface area (Å²) in [5.74, 6) is 0.922. The number of aryl methyl sites for hydroxylation is 2. The number of piperazine rings is 1. The maximum Gasteiger partial charge on any atom is 0.253 e. The van der Waals surface area contributed by atoms with Crippen molar-refractivity contribution in [3.63, 3.8) is 0 Å². The molecule has 0 unspecified atom stereocenters. The average Bonchev–Trinajstić information content (AvgIpc) is 3.19. The van der Waals surface area contributed by atoms with Gasteiger partial charge in [-0.3, -0.25) is 4.79 Å². The summed E-state index contributed by atoms with van der Waals surface area (Å²) < 4.78 is 2.01. The second-order valence-corrected chi connectivity index (χ2v) is 8.75. The number of carbonyl (C=O) groups excluding carboxylic acids is 1. The molecule has 1 aromatic heterocycles. The third-order valence-corrected chi connectivity index (χ3v) is 6.93. The van der Waals surface area contributed by atoms with Gasteiger partial charge in [-0.1, -0.05) is 36.0 Å². The van der Waals surface area contributed by atoms with E-state index in [0.717, 1.165) is 48.2 Å². The van der Waals surface area contributed by atoms with Crippen LogP contribution in [0.4, 0.5) is 5.69 Å². The van der Waals surface area contributed by atoms with E-state index in [0.29, 0.717) is 0 Å². The van der Waals surface area contributed by atoms with Gasteiger partial charge in [-0.15, -0.1) is 0 Å². The molecular formula is C24H28N4OS. The van der Waals surface area contributed by atoms with Gasteiger partial charge < -0.3 is 14.4 Å². The van der Waals surface area contributed by atoms with E-state index in [1.54, 1.807) is 18.0 Å². The summed E-state index contributed by atoms with van der Waals surface area (Å²) in [6, 6.07) is 14.5. The number of rotatable bonds is 5. The molecule has 0 atom stereocenters. The Labute approximate surface area is 182 Å². The maximum absolute atomic E-state index is 13.1. The lowest BCUT2D eigenvalue weighted by Gasteiger charge is -2.37. The molecule has 5 nitrogen and oxygen atoms in total. The van der Waals surface area contributed by atoms with Crippen molar-refractivity contribution in [2.75, 3.05) is 31.1 Å². The van der Waals surface area contributed by atoms with Crippen LogP contribution < -0.4 is 4.90 Å². The van der Waals surface area contributed by atoms with E-state index in [1.807, 2.05) is 40.9 Å². The first-order valence-corrected chi connectivity index (χ1v) is 11.3. The van der Waals surface area contributed by atoms with Crippen molar-refractivity contribution in [1.29, 1.82) is 0 Å². The van der Waals surface area contributed by atoms with Gasteiger partial charge in [0.2, 0.25) is 0 Å². The third kappa shape index (κ3) is 4.38. The lowest BCUT2D eigenvalue weighted by Crippen LogP contribution is -2.49. The predicted octanol–water partition coefficient (Wildman–Crippen LogP) is 4.29. The lowest BCUT2D eigenvalue weighted by molar-refractivity contribution is 0.0746. The predicted molar refractivity (Wildman–Crippen MR) is 123 cm³/mol. The van der Waals surface area contributed by atoms with Crippen molar-refractivity contribution < 1.29 is 4.79 Å². The van der Waals surface area contributed by atoms with Gasteiger partial charge in [-0.2, -0.15) is 0 Å². The molecule has 0 saturated carbocycles. The van der Waals surface area contributed by atoms with Crippen molar-refractivity contribution in [3.05, 3.63) is 77.1 Å². The molecule has 2 heterocycles. The maximum atomic E-state index is 13.1. The summed E-state index contributed by atoms with van der Waals surface area (Å²) in [7, 11) is 1.99. The quantitative estimate of drug-likeness (QED) is 0.578. The minimum absolute atomic E-state index is 0.124. The second-order valence-electron chi connectivity index (χ2n) is 7.81. The highest BCUT2D eigenvalue weighted by molar-refractivity contribution is 7.98. The molecule has 1 fully saturated rings. The molecule has 1 amide bonds. The Kier molecular flexibility index (Phi) is 6.13. The molecule has 2 aromatic carbocycles. The Morgan fingerprint density at radius 1 is 1.07 bits per heavy atom. The zero-order chi connectivity index (χ0) is 21.1. The molecule has 1 saturated heterocycles. The van der Waals surface area contributed by atoms with Gasteiger partial charge in [0, 0.05) is 62.6 Å². The number of hydrogen-bond donors (Lipinski definition) is 0. The van der Waals surface area contributed by atoms with Crippen LogP contribution in [-0.2, 0) is 12.8 Å². The van der Waals surface area contributed by atoms with Crippen LogP contribution in [-0.4, -0.2) is 46.5 Å². The molecule has 6 heteroatoms. The van der Waals surface area contributed by atoms with Gasteiger partial charge in [-0.05, 0) is 48.7 Å². The zero-order valence-corrected chi connectivity index (χ0v) is 18.7. The molecule has 1 aliphatic heterocycles. The molecule has 0 aliphatic carbocycles. The average molecular weight is 421 g/mol. The number of hydrogen-bond acceptors (Lipinski definition) is 4. The van der Waals surface area contributed by atoms with E-state index in [2.05, 4.69) is 48.0 Å². The van der Waals surface area contributed by atoms with Crippen LogP contribution in [0.3, 0.4) is 0 Å². The Balaban J connectivity index is 1.38. The highest BCUT2D eigenvalue weighted by atomic mass is 32.2.